The summed E-state index contributed by atoms with van der Waals surface area (Å²) in [5.41, 5.74) is 1.09. The van der Waals surface area contributed by atoms with Crippen molar-refractivity contribution >= 4 is 17.8 Å². The minimum Gasteiger partial charge on any atom is -0.370 e. The Morgan fingerprint density at radius 2 is 1.96 bits per heavy atom. The lowest BCUT2D eigenvalue weighted by atomic mass is 10.1. The fourth-order valence-corrected chi connectivity index (χ4v) is 2.55. The third-order valence-corrected chi connectivity index (χ3v) is 3.98. The number of hydrogen-bond acceptors (Lipinski definition) is 4. The van der Waals surface area contributed by atoms with Crippen LogP contribution in [-0.2, 0) is 20.9 Å². The standard InChI is InChI=1S/C16H19N3O4/c20-14-6-7-17-16(22)19(14)10-15(21)18-8-13(9-18)23-11-12-4-2-1-3-5-12/h1-5,13H,6-11H2,(H,17,22). The molecule has 1 aromatic carbocycles. The number of carbonyl (C=O) groups is 3. The van der Waals surface area contributed by atoms with Crippen molar-refractivity contribution in [1.82, 2.24) is 15.1 Å². The Morgan fingerprint density at radius 1 is 1.22 bits per heavy atom. The summed E-state index contributed by atoms with van der Waals surface area (Å²) in [4.78, 5) is 37.9. The molecule has 0 radical (unpaired) electrons. The number of rotatable bonds is 5. The fourth-order valence-electron chi connectivity index (χ4n) is 2.55. The molecule has 1 aromatic rings. The Bertz CT molecular complexity index is 583. The molecule has 2 heterocycles. The molecule has 0 atom stereocenters. The van der Waals surface area contributed by atoms with Crippen LogP contribution in [0.4, 0.5) is 4.79 Å². The van der Waals surface area contributed by atoms with Crippen LogP contribution in [0.15, 0.2) is 30.3 Å². The van der Waals surface area contributed by atoms with Crippen LogP contribution in [0.3, 0.4) is 0 Å². The predicted octanol–water partition coefficient (Wildman–Crippen LogP) is 0.356. The summed E-state index contributed by atoms with van der Waals surface area (Å²) in [5.74, 6) is -0.533. The van der Waals surface area contributed by atoms with E-state index in [1.807, 2.05) is 30.3 Å². The van der Waals surface area contributed by atoms with Crippen molar-refractivity contribution < 1.29 is 19.1 Å². The van der Waals surface area contributed by atoms with E-state index >= 15 is 0 Å². The Kier molecular flexibility index (Phi) is 4.57. The summed E-state index contributed by atoms with van der Waals surface area (Å²) in [6.45, 7) is 1.64. The van der Waals surface area contributed by atoms with E-state index < -0.39 is 6.03 Å². The Labute approximate surface area is 134 Å². The van der Waals surface area contributed by atoms with Gasteiger partial charge in [-0.3, -0.25) is 14.5 Å². The molecule has 0 bridgehead atoms. The quantitative estimate of drug-likeness (QED) is 0.850. The van der Waals surface area contributed by atoms with Gasteiger partial charge in [0.15, 0.2) is 0 Å². The molecule has 122 valence electrons. The molecule has 0 aromatic heterocycles. The third-order valence-electron chi connectivity index (χ3n) is 3.98. The highest BCUT2D eigenvalue weighted by Crippen LogP contribution is 2.15. The molecule has 2 aliphatic heterocycles. The summed E-state index contributed by atoms with van der Waals surface area (Å²) in [6, 6.07) is 9.34. The van der Waals surface area contributed by atoms with E-state index in [0.717, 1.165) is 10.5 Å². The summed E-state index contributed by atoms with van der Waals surface area (Å²) in [7, 11) is 0. The molecule has 4 amide bonds. The number of nitrogens with one attached hydrogen (secondary N) is 1. The molecule has 0 spiro atoms. The van der Waals surface area contributed by atoms with Crippen molar-refractivity contribution in [3.05, 3.63) is 35.9 Å². The highest BCUT2D eigenvalue weighted by atomic mass is 16.5. The average Bonchev–Trinajstić information content (AvgIpc) is 2.50. The second-order valence-corrected chi connectivity index (χ2v) is 5.68. The second-order valence-electron chi connectivity index (χ2n) is 5.68. The van der Waals surface area contributed by atoms with Crippen LogP contribution in [-0.4, -0.2) is 59.9 Å². The van der Waals surface area contributed by atoms with Crippen molar-refractivity contribution in [1.29, 1.82) is 0 Å². The maximum Gasteiger partial charge on any atom is 0.324 e. The van der Waals surface area contributed by atoms with Crippen LogP contribution in [0.25, 0.3) is 0 Å². The van der Waals surface area contributed by atoms with Gasteiger partial charge in [-0.15, -0.1) is 0 Å². The zero-order valence-corrected chi connectivity index (χ0v) is 12.7. The van der Waals surface area contributed by atoms with Crippen LogP contribution in [0.2, 0.25) is 0 Å². The number of ether oxygens (including phenoxy) is 1. The second kappa shape index (κ2) is 6.78. The van der Waals surface area contributed by atoms with Gasteiger partial charge in [-0.1, -0.05) is 30.3 Å². The number of amides is 4. The number of likely N-dealkylation sites (tertiary alicyclic amines) is 1. The van der Waals surface area contributed by atoms with Crippen LogP contribution < -0.4 is 5.32 Å². The largest absolute Gasteiger partial charge is 0.370 e. The lowest BCUT2D eigenvalue weighted by Crippen LogP contribution is -2.59. The Hall–Kier alpha value is -2.41. The molecule has 7 heteroatoms. The summed E-state index contributed by atoms with van der Waals surface area (Å²) in [6.07, 6.45) is 0.243. The molecule has 0 unspecified atom stereocenters. The van der Waals surface area contributed by atoms with Gasteiger partial charge in [0.05, 0.1) is 12.7 Å². The maximum atomic E-state index is 12.1. The van der Waals surface area contributed by atoms with Crippen molar-refractivity contribution in [2.45, 2.75) is 19.1 Å². The maximum absolute atomic E-state index is 12.1. The number of imide groups is 1. The van der Waals surface area contributed by atoms with Gasteiger partial charge in [0.25, 0.3) is 0 Å². The molecule has 1 N–H and O–H groups in total. The van der Waals surface area contributed by atoms with Crippen molar-refractivity contribution in [3.8, 4) is 0 Å². The minimum absolute atomic E-state index is 0.00467. The van der Waals surface area contributed by atoms with Crippen molar-refractivity contribution in [2.24, 2.45) is 0 Å². The van der Waals surface area contributed by atoms with E-state index in [-0.39, 0.29) is 30.9 Å². The van der Waals surface area contributed by atoms with Crippen molar-refractivity contribution in [3.63, 3.8) is 0 Å². The molecule has 2 aliphatic rings. The normalized spacial score (nSPS) is 18.6. The molecule has 2 fully saturated rings. The monoisotopic (exact) mass is 317 g/mol. The van der Waals surface area contributed by atoms with Gasteiger partial charge in [-0.25, -0.2) is 4.79 Å². The van der Waals surface area contributed by atoms with Crippen LogP contribution in [0.5, 0.6) is 0 Å². The summed E-state index contributed by atoms with van der Waals surface area (Å²) < 4.78 is 5.72. The number of urea groups is 1. The van der Waals surface area contributed by atoms with E-state index in [1.165, 1.54) is 0 Å². The third kappa shape index (κ3) is 3.68. The first kappa shape index (κ1) is 15.5. The van der Waals surface area contributed by atoms with Gasteiger partial charge >= 0.3 is 6.03 Å². The lowest BCUT2D eigenvalue weighted by molar-refractivity contribution is -0.149. The molecule has 3 rings (SSSR count). The van der Waals surface area contributed by atoms with Gasteiger partial charge < -0.3 is 15.0 Å². The van der Waals surface area contributed by atoms with E-state index in [4.69, 9.17) is 4.74 Å². The Balaban J connectivity index is 1.41. The molecule has 0 aliphatic carbocycles. The molecule has 2 saturated heterocycles. The predicted molar refractivity (Wildman–Crippen MR) is 81.3 cm³/mol. The first-order valence-electron chi connectivity index (χ1n) is 7.65. The molecule has 7 nitrogen and oxygen atoms in total. The van der Waals surface area contributed by atoms with E-state index in [0.29, 0.717) is 26.2 Å². The van der Waals surface area contributed by atoms with E-state index in [1.54, 1.807) is 4.90 Å². The SMILES string of the molecule is O=C(CN1C(=O)CCNC1=O)N1CC(OCc2ccccc2)C1. The number of carbonyl (C=O) groups excluding carboxylic acids is 3. The molecule has 0 saturated carbocycles. The van der Waals surface area contributed by atoms with Gasteiger partial charge in [0.2, 0.25) is 11.8 Å². The van der Waals surface area contributed by atoms with Crippen LogP contribution in [0, 0.1) is 0 Å². The smallest absolute Gasteiger partial charge is 0.324 e. The first-order valence-corrected chi connectivity index (χ1v) is 7.65. The number of nitrogens with zero attached hydrogens (tertiary/aromatic N) is 2. The molecular formula is C16H19N3O4. The zero-order valence-electron chi connectivity index (χ0n) is 12.7. The van der Waals surface area contributed by atoms with Crippen LogP contribution >= 0.6 is 0 Å². The van der Waals surface area contributed by atoms with E-state index in [2.05, 4.69) is 5.32 Å². The molecular weight excluding hydrogens is 298 g/mol. The van der Waals surface area contributed by atoms with Gasteiger partial charge in [0.1, 0.15) is 6.54 Å². The number of benzene rings is 1. The van der Waals surface area contributed by atoms with Crippen molar-refractivity contribution in [2.75, 3.05) is 26.2 Å². The zero-order chi connectivity index (χ0) is 16.2. The van der Waals surface area contributed by atoms with Gasteiger partial charge in [-0.2, -0.15) is 0 Å². The first-order chi connectivity index (χ1) is 11.1. The fraction of sp³-hybridized carbons (Fsp3) is 0.438. The Morgan fingerprint density at radius 3 is 2.65 bits per heavy atom. The average molecular weight is 317 g/mol. The summed E-state index contributed by atoms with van der Waals surface area (Å²) >= 11 is 0. The minimum atomic E-state index is -0.494. The summed E-state index contributed by atoms with van der Waals surface area (Å²) in [5, 5.41) is 2.56. The highest BCUT2D eigenvalue weighted by Gasteiger charge is 2.35. The van der Waals surface area contributed by atoms with Gasteiger partial charge in [-0.05, 0) is 5.56 Å². The van der Waals surface area contributed by atoms with Gasteiger partial charge in [0, 0.05) is 26.1 Å². The van der Waals surface area contributed by atoms with E-state index in [9.17, 15) is 14.4 Å². The topological polar surface area (TPSA) is 79.0 Å². The van der Waals surface area contributed by atoms with Crippen LogP contribution in [0.1, 0.15) is 12.0 Å². The lowest BCUT2D eigenvalue weighted by Gasteiger charge is -2.40. The molecule has 23 heavy (non-hydrogen) atoms. The number of hydrogen-bond donors (Lipinski definition) is 1. The highest BCUT2D eigenvalue weighted by molar-refractivity contribution is 6.00.